The van der Waals surface area contributed by atoms with Crippen LogP contribution in [-0.4, -0.2) is 37.3 Å². The number of imidazole rings is 1. The lowest BCUT2D eigenvalue weighted by atomic mass is 10.0. The highest BCUT2D eigenvalue weighted by Gasteiger charge is 2.21. The van der Waals surface area contributed by atoms with Crippen molar-refractivity contribution in [1.29, 1.82) is 0 Å². The van der Waals surface area contributed by atoms with Crippen LogP contribution in [0.1, 0.15) is 26.0 Å². The van der Waals surface area contributed by atoms with Crippen LogP contribution in [0.5, 0.6) is 0 Å². The second-order valence-corrected chi connectivity index (χ2v) is 5.91. The number of rotatable bonds is 7. The third kappa shape index (κ3) is 4.28. The Morgan fingerprint density at radius 2 is 2.08 bits per heavy atom. The fourth-order valence-electron chi connectivity index (χ4n) is 2.33. The Kier molecular flexibility index (Phi) is 5.12. The summed E-state index contributed by atoms with van der Waals surface area (Å²) in [5.74, 6) is -1.41. The molecule has 128 valence electrons. The molecule has 2 aromatic rings. The lowest BCUT2D eigenvalue weighted by Crippen LogP contribution is -2.42. The second-order valence-electron chi connectivity index (χ2n) is 5.91. The number of carboxylic acid groups (broad SMARTS) is 1. The van der Waals surface area contributed by atoms with E-state index < -0.39 is 22.8 Å². The molecule has 0 aliphatic carbocycles. The minimum atomic E-state index is -1.08. The molecule has 1 unspecified atom stereocenters. The van der Waals surface area contributed by atoms with Crippen molar-refractivity contribution in [3.63, 3.8) is 0 Å². The van der Waals surface area contributed by atoms with Gasteiger partial charge in [-0.3, -0.25) is 19.3 Å². The number of nitrogens with one attached hydrogen (secondary N) is 1. The van der Waals surface area contributed by atoms with E-state index in [0.29, 0.717) is 17.8 Å². The third-order valence-corrected chi connectivity index (χ3v) is 3.38. The molecule has 0 saturated heterocycles. The van der Waals surface area contributed by atoms with Gasteiger partial charge in [0.1, 0.15) is 11.7 Å². The van der Waals surface area contributed by atoms with Gasteiger partial charge in [0.05, 0.1) is 23.2 Å². The predicted octanol–water partition coefficient (Wildman–Crippen LogP) is 1.40. The molecule has 0 radical (unpaired) electrons. The average molecular weight is 334 g/mol. The van der Waals surface area contributed by atoms with Gasteiger partial charge in [-0.05, 0) is 18.4 Å². The number of carbonyl (C=O) groups is 2. The van der Waals surface area contributed by atoms with Crippen molar-refractivity contribution in [2.75, 3.05) is 0 Å². The van der Waals surface area contributed by atoms with Crippen LogP contribution in [0.15, 0.2) is 24.5 Å². The highest BCUT2D eigenvalue weighted by molar-refractivity contribution is 5.84. The van der Waals surface area contributed by atoms with Gasteiger partial charge in [-0.25, -0.2) is 9.78 Å². The molecular weight excluding hydrogens is 316 g/mol. The molecule has 2 N–H and O–H groups in total. The zero-order valence-corrected chi connectivity index (χ0v) is 13.3. The number of aliphatic carboxylic acids is 1. The lowest BCUT2D eigenvalue weighted by molar-refractivity contribution is -0.385. The Bertz CT molecular complexity index is 783. The normalized spacial score (nSPS) is 12.3. The molecule has 2 heterocycles. The van der Waals surface area contributed by atoms with Crippen molar-refractivity contribution in [1.82, 2.24) is 14.7 Å². The molecule has 2 rings (SSSR count). The number of nitrogens with zero attached hydrogens (tertiary/aromatic N) is 3. The maximum Gasteiger partial charge on any atom is 0.326 e. The first kappa shape index (κ1) is 17.4. The number of carboxylic acids is 1. The van der Waals surface area contributed by atoms with E-state index >= 15 is 0 Å². The Labute approximate surface area is 137 Å². The Balaban J connectivity index is 2.09. The van der Waals surface area contributed by atoms with Crippen LogP contribution in [0.4, 0.5) is 5.69 Å². The summed E-state index contributed by atoms with van der Waals surface area (Å²) in [4.78, 5) is 37.6. The molecule has 24 heavy (non-hydrogen) atoms. The summed E-state index contributed by atoms with van der Waals surface area (Å²) >= 11 is 0. The predicted molar refractivity (Wildman–Crippen MR) is 84.6 cm³/mol. The van der Waals surface area contributed by atoms with Crippen molar-refractivity contribution >= 4 is 23.2 Å². The zero-order valence-electron chi connectivity index (χ0n) is 13.3. The first-order chi connectivity index (χ1) is 11.3. The van der Waals surface area contributed by atoms with Gasteiger partial charge < -0.3 is 10.4 Å². The molecule has 0 fully saturated rings. The molecule has 1 amide bonds. The SMILES string of the molecule is CC(C)CC(NC(=O)Cc1cn2cc([N+](=O)[O-])ccc2n1)C(=O)O. The molecule has 0 bridgehead atoms. The van der Waals surface area contributed by atoms with Crippen LogP contribution in [-0.2, 0) is 16.0 Å². The number of fused-ring (bicyclic) bond motifs is 1. The largest absolute Gasteiger partial charge is 0.480 e. The van der Waals surface area contributed by atoms with Crippen molar-refractivity contribution in [3.05, 3.63) is 40.3 Å². The van der Waals surface area contributed by atoms with Crippen LogP contribution in [0.25, 0.3) is 5.65 Å². The van der Waals surface area contributed by atoms with E-state index in [1.54, 1.807) is 0 Å². The second kappa shape index (κ2) is 7.07. The number of amides is 1. The molecular formula is C15H18N4O5. The van der Waals surface area contributed by atoms with E-state index in [9.17, 15) is 19.7 Å². The average Bonchev–Trinajstić information content (AvgIpc) is 2.86. The third-order valence-electron chi connectivity index (χ3n) is 3.38. The molecule has 9 nitrogen and oxygen atoms in total. The van der Waals surface area contributed by atoms with Crippen LogP contribution >= 0.6 is 0 Å². The Morgan fingerprint density at radius 3 is 2.67 bits per heavy atom. The molecule has 0 spiro atoms. The number of carbonyl (C=O) groups excluding carboxylic acids is 1. The van der Waals surface area contributed by atoms with Crippen LogP contribution in [0.2, 0.25) is 0 Å². The smallest absolute Gasteiger partial charge is 0.326 e. The van der Waals surface area contributed by atoms with Gasteiger partial charge in [-0.2, -0.15) is 0 Å². The van der Waals surface area contributed by atoms with E-state index in [2.05, 4.69) is 10.3 Å². The summed E-state index contributed by atoms with van der Waals surface area (Å²) < 4.78 is 1.46. The number of hydrogen-bond donors (Lipinski definition) is 2. The first-order valence-electron chi connectivity index (χ1n) is 7.40. The molecule has 2 aromatic heterocycles. The van der Waals surface area contributed by atoms with Gasteiger partial charge in [0.15, 0.2) is 0 Å². The number of hydrogen-bond acceptors (Lipinski definition) is 5. The summed E-state index contributed by atoms with van der Waals surface area (Å²) in [5, 5.41) is 22.4. The van der Waals surface area contributed by atoms with Crippen LogP contribution in [0.3, 0.4) is 0 Å². The van der Waals surface area contributed by atoms with Crippen LogP contribution < -0.4 is 5.32 Å². The monoisotopic (exact) mass is 334 g/mol. The van der Waals surface area contributed by atoms with Gasteiger partial charge in [0, 0.05) is 12.3 Å². The molecule has 0 aromatic carbocycles. The maximum atomic E-state index is 12.0. The summed E-state index contributed by atoms with van der Waals surface area (Å²) in [6, 6.07) is 1.86. The zero-order chi connectivity index (χ0) is 17.9. The van der Waals surface area contributed by atoms with E-state index in [1.165, 1.54) is 28.9 Å². The highest BCUT2D eigenvalue weighted by Crippen LogP contribution is 2.14. The maximum absolute atomic E-state index is 12.0. The van der Waals surface area contributed by atoms with Crippen LogP contribution in [0, 0.1) is 16.0 Å². The van der Waals surface area contributed by atoms with Gasteiger partial charge in [-0.15, -0.1) is 0 Å². The molecule has 1 atom stereocenters. The summed E-state index contributed by atoms with van der Waals surface area (Å²) in [5.41, 5.74) is 0.792. The fourth-order valence-corrected chi connectivity index (χ4v) is 2.33. The van der Waals surface area contributed by atoms with Gasteiger partial charge in [0.2, 0.25) is 5.91 Å². The summed E-state index contributed by atoms with van der Waals surface area (Å²) in [6.45, 7) is 3.74. The Morgan fingerprint density at radius 1 is 1.38 bits per heavy atom. The fraction of sp³-hybridized carbons (Fsp3) is 0.400. The topological polar surface area (TPSA) is 127 Å². The van der Waals surface area contributed by atoms with Crippen molar-refractivity contribution < 1.29 is 19.6 Å². The minimum absolute atomic E-state index is 0.0845. The van der Waals surface area contributed by atoms with E-state index in [1.807, 2.05) is 13.8 Å². The molecule has 0 aliphatic rings. The van der Waals surface area contributed by atoms with E-state index in [4.69, 9.17) is 5.11 Å². The molecule has 0 aliphatic heterocycles. The minimum Gasteiger partial charge on any atom is -0.480 e. The number of nitro groups is 1. The number of aromatic nitrogens is 2. The summed E-state index contributed by atoms with van der Waals surface area (Å²) in [6.07, 6.45) is 3.05. The quantitative estimate of drug-likeness (QED) is 0.582. The highest BCUT2D eigenvalue weighted by atomic mass is 16.6. The van der Waals surface area contributed by atoms with Crippen molar-refractivity contribution in [2.24, 2.45) is 5.92 Å². The van der Waals surface area contributed by atoms with Gasteiger partial charge >= 0.3 is 5.97 Å². The van der Waals surface area contributed by atoms with Gasteiger partial charge in [-0.1, -0.05) is 13.8 Å². The molecule has 0 saturated carbocycles. The summed E-state index contributed by atoms with van der Waals surface area (Å²) in [7, 11) is 0. The number of pyridine rings is 1. The Hall–Kier alpha value is -2.97. The van der Waals surface area contributed by atoms with Crippen molar-refractivity contribution in [2.45, 2.75) is 32.7 Å². The standard InChI is InChI=1S/C15H18N4O5/c1-9(2)5-12(15(21)22)17-14(20)6-10-7-18-8-11(19(23)24)3-4-13(18)16-10/h3-4,7-9,12H,5-6H2,1-2H3,(H,17,20)(H,21,22). The first-order valence-corrected chi connectivity index (χ1v) is 7.40. The van der Waals surface area contributed by atoms with E-state index in [-0.39, 0.29) is 18.0 Å². The molecule has 9 heteroatoms. The van der Waals surface area contributed by atoms with Gasteiger partial charge in [0.25, 0.3) is 5.69 Å². The van der Waals surface area contributed by atoms with Crippen molar-refractivity contribution in [3.8, 4) is 0 Å². The van der Waals surface area contributed by atoms with E-state index in [0.717, 1.165) is 0 Å². The lowest BCUT2D eigenvalue weighted by Gasteiger charge is -2.16.